The summed E-state index contributed by atoms with van der Waals surface area (Å²) < 4.78 is 0. The van der Waals surface area contributed by atoms with Gasteiger partial charge < -0.3 is 0 Å². The molecule has 2 heterocycles. The fraction of sp³-hybridized carbons (Fsp3) is 0.133. The minimum absolute atomic E-state index is 1.04. The maximum Gasteiger partial charge on any atom is 0.0780 e. The van der Waals surface area contributed by atoms with Crippen LogP contribution in [0.1, 0.15) is 24.0 Å². The molecular weight excluding hydrogens is 388 g/mol. The fourth-order valence-corrected chi connectivity index (χ4v) is 4.30. The van der Waals surface area contributed by atoms with E-state index in [1.54, 1.807) is 0 Å². The van der Waals surface area contributed by atoms with Gasteiger partial charge in [0.1, 0.15) is 0 Å². The molecule has 0 fully saturated rings. The molecule has 0 amide bonds. The summed E-state index contributed by atoms with van der Waals surface area (Å²) in [6.07, 6.45) is 8.26. The molecule has 2 aromatic heterocycles. The van der Waals surface area contributed by atoms with Crippen molar-refractivity contribution in [1.82, 2.24) is 9.97 Å². The number of nitrogens with zero attached hydrogens (tertiary/aromatic N) is 2. The van der Waals surface area contributed by atoms with Crippen LogP contribution in [-0.4, -0.2) is 9.97 Å². The van der Waals surface area contributed by atoms with E-state index in [-0.39, 0.29) is 0 Å². The number of hydrogen-bond acceptors (Lipinski definition) is 2. The predicted molar refractivity (Wildman–Crippen MR) is 133 cm³/mol. The van der Waals surface area contributed by atoms with Crippen molar-refractivity contribution in [3.8, 4) is 22.5 Å². The van der Waals surface area contributed by atoms with E-state index in [2.05, 4.69) is 94.9 Å². The third-order valence-electron chi connectivity index (χ3n) is 5.94. The van der Waals surface area contributed by atoms with Gasteiger partial charge in [-0.05, 0) is 72.5 Å². The summed E-state index contributed by atoms with van der Waals surface area (Å²) >= 11 is 0. The Labute approximate surface area is 189 Å². The lowest BCUT2D eigenvalue weighted by molar-refractivity contribution is 0.734. The number of benzene rings is 3. The van der Waals surface area contributed by atoms with Crippen LogP contribution in [-0.2, 0) is 12.8 Å². The number of fused-ring (bicyclic) bond motifs is 1. The molecule has 32 heavy (non-hydrogen) atoms. The van der Waals surface area contributed by atoms with Crippen LogP contribution in [0.3, 0.4) is 0 Å². The Bertz CT molecular complexity index is 1320. The zero-order valence-corrected chi connectivity index (χ0v) is 18.1. The Kier molecular flexibility index (Phi) is 6.02. The highest BCUT2D eigenvalue weighted by molar-refractivity contribution is 5.94. The van der Waals surface area contributed by atoms with Crippen LogP contribution in [0.2, 0.25) is 0 Å². The fourth-order valence-electron chi connectivity index (χ4n) is 4.30. The average molecular weight is 415 g/mol. The van der Waals surface area contributed by atoms with Gasteiger partial charge in [-0.2, -0.15) is 0 Å². The molecule has 0 aliphatic rings. The molecule has 0 atom stereocenters. The zero-order chi connectivity index (χ0) is 21.6. The van der Waals surface area contributed by atoms with Crippen molar-refractivity contribution in [3.05, 3.63) is 121 Å². The van der Waals surface area contributed by atoms with Crippen molar-refractivity contribution < 1.29 is 0 Å². The topological polar surface area (TPSA) is 25.8 Å². The third kappa shape index (κ3) is 4.60. The lowest BCUT2D eigenvalue weighted by Gasteiger charge is -2.09. The van der Waals surface area contributed by atoms with Crippen LogP contribution in [0, 0.1) is 0 Å². The predicted octanol–water partition coefficient (Wildman–Crippen LogP) is 7.53. The number of aromatic nitrogens is 2. The number of hydrogen-bond donors (Lipinski definition) is 0. The molecule has 156 valence electrons. The minimum Gasteiger partial charge on any atom is -0.256 e. The zero-order valence-electron chi connectivity index (χ0n) is 18.1. The molecule has 0 saturated heterocycles. The summed E-state index contributed by atoms with van der Waals surface area (Å²) in [7, 11) is 0. The van der Waals surface area contributed by atoms with Gasteiger partial charge in [0.05, 0.1) is 11.4 Å². The summed E-state index contributed by atoms with van der Waals surface area (Å²) in [6, 6.07) is 34.2. The first-order valence-corrected chi connectivity index (χ1v) is 11.3. The van der Waals surface area contributed by atoms with Gasteiger partial charge in [-0.1, -0.05) is 66.7 Å². The molecule has 0 aliphatic heterocycles. The van der Waals surface area contributed by atoms with Gasteiger partial charge >= 0.3 is 0 Å². The molecule has 0 radical (unpaired) electrons. The van der Waals surface area contributed by atoms with Crippen molar-refractivity contribution >= 4 is 10.8 Å². The lowest BCUT2D eigenvalue weighted by Crippen LogP contribution is -1.92. The first-order valence-electron chi connectivity index (χ1n) is 11.3. The van der Waals surface area contributed by atoms with Gasteiger partial charge in [-0.3, -0.25) is 9.97 Å². The Morgan fingerprint density at radius 1 is 0.531 bits per heavy atom. The van der Waals surface area contributed by atoms with Crippen LogP contribution in [0.4, 0.5) is 0 Å². The number of aryl methyl sites for hydroxylation is 2. The number of rotatable bonds is 7. The first kappa shape index (κ1) is 20.1. The van der Waals surface area contributed by atoms with E-state index in [1.165, 1.54) is 45.9 Å². The van der Waals surface area contributed by atoms with Crippen molar-refractivity contribution in [3.63, 3.8) is 0 Å². The molecular formula is C30H26N2. The third-order valence-corrected chi connectivity index (χ3v) is 5.94. The van der Waals surface area contributed by atoms with Gasteiger partial charge in [0.2, 0.25) is 0 Å². The van der Waals surface area contributed by atoms with Crippen molar-refractivity contribution in [2.45, 2.75) is 25.7 Å². The van der Waals surface area contributed by atoms with Gasteiger partial charge in [0, 0.05) is 28.9 Å². The standard InChI is InChI=1S/C30H26N2/c1(9-23-11-7-14-26(21-23)29-17-5-6-19-31-29)2-10-24-12-8-15-27(22-24)30-28-16-4-3-13-25(28)18-20-32-30/h3-8,11-22H,1-2,9-10H2. The highest BCUT2D eigenvalue weighted by atomic mass is 14.7. The quantitative estimate of drug-likeness (QED) is 0.257. The van der Waals surface area contributed by atoms with E-state index < -0.39 is 0 Å². The smallest absolute Gasteiger partial charge is 0.0780 e. The molecule has 0 saturated carbocycles. The second-order valence-corrected chi connectivity index (χ2v) is 8.20. The monoisotopic (exact) mass is 414 g/mol. The Morgan fingerprint density at radius 3 is 2.03 bits per heavy atom. The average Bonchev–Trinajstić information content (AvgIpc) is 2.87. The van der Waals surface area contributed by atoms with Gasteiger partial charge in [0.25, 0.3) is 0 Å². The molecule has 0 unspecified atom stereocenters. The molecule has 3 aromatic carbocycles. The van der Waals surface area contributed by atoms with E-state index in [0.29, 0.717) is 0 Å². The van der Waals surface area contributed by atoms with E-state index in [4.69, 9.17) is 0 Å². The molecule has 5 aromatic rings. The summed E-state index contributed by atoms with van der Waals surface area (Å²) in [6.45, 7) is 0. The van der Waals surface area contributed by atoms with Crippen molar-refractivity contribution in [1.29, 1.82) is 0 Å². The van der Waals surface area contributed by atoms with Crippen LogP contribution in [0.5, 0.6) is 0 Å². The largest absolute Gasteiger partial charge is 0.256 e. The molecule has 0 spiro atoms. The van der Waals surface area contributed by atoms with Crippen LogP contribution in [0.15, 0.2) is 109 Å². The lowest BCUT2D eigenvalue weighted by atomic mass is 9.98. The van der Waals surface area contributed by atoms with Crippen molar-refractivity contribution in [2.24, 2.45) is 0 Å². The molecule has 0 bridgehead atoms. The summed E-state index contributed by atoms with van der Waals surface area (Å²) in [5.74, 6) is 0. The Balaban J connectivity index is 1.23. The van der Waals surface area contributed by atoms with Gasteiger partial charge in [0.15, 0.2) is 0 Å². The summed E-state index contributed by atoms with van der Waals surface area (Å²) in [4.78, 5) is 9.16. The number of pyridine rings is 2. The van der Waals surface area contributed by atoms with Gasteiger partial charge in [-0.15, -0.1) is 0 Å². The van der Waals surface area contributed by atoms with E-state index >= 15 is 0 Å². The second kappa shape index (κ2) is 9.57. The molecule has 0 N–H and O–H groups in total. The maximum absolute atomic E-state index is 4.68. The van der Waals surface area contributed by atoms with Crippen molar-refractivity contribution in [2.75, 3.05) is 0 Å². The van der Waals surface area contributed by atoms with Crippen LogP contribution in [0.25, 0.3) is 33.3 Å². The van der Waals surface area contributed by atoms with E-state index in [1.807, 2.05) is 24.5 Å². The van der Waals surface area contributed by atoms with Crippen LogP contribution >= 0.6 is 0 Å². The highest BCUT2D eigenvalue weighted by Gasteiger charge is 2.06. The van der Waals surface area contributed by atoms with Gasteiger partial charge in [-0.25, -0.2) is 0 Å². The minimum atomic E-state index is 1.04. The first-order chi connectivity index (χ1) is 15.9. The Morgan fingerprint density at radius 2 is 1.25 bits per heavy atom. The summed E-state index contributed by atoms with van der Waals surface area (Å²) in [5.41, 5.74) is 7.24. The maximum atomic E-state index is 4.68. The highest BCUT2D eigenvalue weighted by Crippen LogP contribution is 2.27. The normalized spacial score (nSPS) is 11.0. The van der Waals surface area contributed by atoms with E-state index in [9.17, 15) is 0 Å². The Hall–Kier alpha value is -3.78. The van der Waals surface area contributed by atoms with Crippen LogP contribution < -0.4 is 0 Å². The summed E-state index contributed by atoms with van der Waals surface area (Å²) in [5, 5.41) is 2.44. The molecule has 2 nitrogen and oxygen atoms in total. The molecule has 2 heteroatoms. The van der Waals surface area contributed by atoms with E-state index in [0.717, 1.165) is 24.2 Å². The molecule has 5 rings (SSSR count). The second-order valence-electron chi connectivity index (χ2n) is 8.20. The number of unbranched alkanes of at least 4 members (excludes halogenated alkanes) is 1. The molecule has 0 aliphatic carbocycles. The SMILES string of the molecule is c1ccc(-c2cccc(CCCCc3cccc(-c4nccc5ccccc45)c3)c2)nc1.